The molecule has 3 aromatic heterocycles. The maximum Gasteiger partial charge on any atom is 0.261 e. The normalized spacial score (nSPS) is 11.1. The van der Waals surface area contributed by atoms with E-state index < -0.39 is 0 Å². The number of rotatable bonds is 6. The molecule has 0 aliphatic heterocycles. The Balaban J connectivity index is 1.35. The molecule has 6 nitrogen and oxygen atoms in total. The van der Waals surface area contributed by atoms with Crippen molar-refractivity contribution in [3.8, 4) is 10.6 Å². The predicted octanol–water partition coefficient (Wildman–Crippen LogP) is 3.56. The van der Waals surface area contributed by atoms with Gasteiger partial charge in [0, 0.05) is 16.8 Å². The largest absolute Gasteiger partial charge is 0.354 e. The molecule has 0 aliphatic rings. The van der Waals surface area contributed by atoms with Crippen LogP contribution < -0.4 is 10.9 Å². The Labute approximate surface area is 175 Å². The van der Waals surface area contributed by atoms with Crippen molar-refractivity contribution in [2.75, 3.05) is 6.54 Å². The lowest BCUT2D eigenvalue weighted by atomic mass is 10.1. The summed E-state index contributed by atoms with van der Waals surface area (Å²) in [7, 11) is 0. The second kappa shape index (κ2) is 8.26. The number of para-hydroxylation sites is 1. The second-order valence-corrected chi connectivity index (χ2v) is 9.00. The maximum absolute atomic E-state index is 12.6. The zero-order chi connectivity index (χ0) is 20.4. The van der Waals surface area contributed by atoms with Crippen molar-refractivity contribution in [2.24, 2.45) is 0 Å². The highest BCUT2D eigenvalue weighted by Crippen LogP contribution is 2.29. The van der Waals surface area contributed by atoms with Crippen molar-refractivity contribution < 1.29 is 4.79 Å². The first-order valence-corrected chi connectivity index (χ1v) is 10.9. The lowest BCUT2D eigenvalue weighted by Gasteiger charge is -2.08. The van der Waals surface area contributed by atoms with Gasteiger partial charge in [-0.25, -0.2) is 9.97 Å². The summed E-state index contributed by atoms with van der Waals surface area (Å²) in [6, 6.07) is 9.62. The average Bonchev–Trinajstić information content (AvgIpc) is 3.33. The molecule has 0 aliphatic carbocycles. The van der Waals surface area contributed by atoms with Gasteiger partial charge in [0.2, 0.25) is 5.91 Å². The fraction of sp³-hybridized carbons (Fsp3) is 0.238. The van der Waals surface area contributed by atoms with Crippen LogP contribution in [0, 0.1) is 13.8 Å². The van der Waals surface area contributed by atoms with E-state index in [1.165, 1.54) is 15.8 Å². The van der Waals surface area contributed by atoms with Crippen molar-refractivity contribution in [2.45, 2.75) is 26.8 Å². The molecule has 0 atom stereocenters. The number of hydrogen-bond donors (Lipinski definition) is 1. The predicted molar refractivity (Wildman–Crippen MR) is 118 cm³/mol. The van der Waals surface area contributed by atoms with Crippen LogP contribution in [-0.4, -0.2) is 27.0 Å². The summed E-state index contributed by atoms with van der Waals surface area (Å²) in [6.45, 7) is 4.39. The van der Waals surface area contributed by atoms with Gasteiger partial charge in [0.1, 0.15) is 6.54 Å². The SMILES string of the molecule is Cc1nc(-c2ccc(CCNC(=O)Cn3cnc4c(C)cccc4c3=O)s2)cs1. The van der Waals surface area contributed by atoms with Gasteiger partial charge in [-0.1, -0.05) is 12.1 Å². The van der Waals surface area contributed by atoms with E-state index in [1.54, 1.807) is 28.7 Å². The summed E-state index contributed by atoms with van der Waals surface area (Å²) < 4.78 is 1.35. The third-order valence-corrected chi connectivity index (χ3v) is 6.54. The minimum Gasteiger partial charge on any atom is -0.354 e. The van der Waals surface area contributed by atoms with Crippen LogP contribution in [0.15, 0.2) is 46.8 Å². The van der Waals surface area contributed by atoms with E-state index in [-0.39, 0.29) is 18.0 Å². The third-order valence-electron chi connectivity index (χ3n) is 4.60. The van der Waals surface area contributed by atoms with E-state index >= 15 is 0 Å². The molecule has 1 N–H and O–H groups in total. The quantitative estimate of drug-likeness (QED) is 0.513. The molecular formula is C21H20N4O2S2. The molecule has 29 heavy (non-hydrogen) atoms. The summed E-state index contributed by atoms with van der Waals surface area (Å²) in [5.41, 5.74) is 2.43. The first-order valence-electron chi connectivity index (χ1n) is 9.24. The van der Waals surface area contributed by atoms with Crippen LogP contribution >= 0.6 is 22.7 Å². The number of nitrogens with one attached hydrogen (secondary N) is 1. The Morgan fingerprint density at radius 2 is 2.07 bits per heavy atom. The zero-order valence-electron chi connectivity index (χ0n) is 16.1. The first-order chi connectivity index (χ1) is 14.0. The Morgan fingerprint density at radius 1 is 1.21 bits per heavy atom. The molecule has 0 spiro atoms. The highest BCUT2D eigenvalue weighted by atomic mass is 32.1. The average molecular weight is 425 g/mol. The maximum atomic E-state index is 12.6. The molecule has 0 saturated carbocycles. The molecule has 1 aromatic carbocycles. The zero-order valence-corrected chi connectivity index (χ0v) is 17.8. The Hall–Kier alpha value is -2.84. The number of carbonyl (C=O) groups excluding carboxylic acids is 1. The Bertz CT molecular complexity index is 1240. The van der Waals surface area contributed by atoms with E-state index in [9.17, 15) is 9.59 Å². The minimum atomic E-state index is -0.201. The third kappa shape index (κ3) is 4.28. The van der Waals surface area contributed by atoms with Gasteiger partial charge >= 0.3 is 0 Å². The highest BCUT2D eigenvalue weighted by Gasteiger charge is 2.10. The van der Waals surface area contributed by atoms with Crippen molar-refractivity contribution in [3.05, 3.63) is 67.8 Å². The van der Waals surface area contributed by atoms with Crippen molar-refractivity contribution in [3.63, 3.8) is 0 Å². The number of aromatic nitrogens is 3. The summed E-state index contributed by atoms with van der Waals surface area (Å²) in [5.74, 6) is -0.201. The number of hydrogen-bond acceptors (Lipinski definition) is 6. The summed E-state index contributed by atoms with van der Waals surface area (Å²) in [5, 5.41) is 6.53. The van der Waals surface area contributed by atoms with Crippen molar-refractivity contribution in [1.29, 1.82) is 0 Å². The topological polar surface area (TPSA) is 76.9 Å². The minimum absolute atomic E-state index is 0.0382. The van der Waals surface area contributed by atoms with E-state index in [2.05, 4.69) is 32.8 Å². The summed E-state index contributed by atoms with van der Waals surface area (Å²) in [6.07, 6.45) is 2.18. The van der Waals surface area contributed by atoms with Crippen LogP contribution in [0.5, 0.6) is 0 Å². The molecule has 0 fully saturated rings. The monoisotopic (exact) mass is 424 g/mol. The standard InChI is InChI=1S/C21H20N4O2S2/c1-13-4-3-5-16-20(13)23-12-25(21(16)27)10-19(26)22-9-8-15-6-7-18(29-15)17-11-28-14(2)24-17/h3-7,11-12H,8-10H2,1-2H3,(H,22,26). The molecule has 0 radical (unpaired) electrons. The molecule has 0 saturated heterocycles. The van der Waals surface area contributed by atoms with Gasteiger partial charge in [0.15, 0.2) is 0 Å². The van der Waals surface area contributed by atoms with Gasteiger partial charge in [-0.2, -0.15) is 0 Å². The molecule has 4 rings (SSSR count). The molecule has 4 aromatic rings. The summed E-state index contributed by atoms with van der Waals surface area (Å²) in [4.78, 5) is 36.0. The lowest BCUT2D eigenvalue weighted by molar-refractivity contribution is -0.121. The van der Waals surface area contributed by atoms with E-state index in [0.717, 1.165) is 27.6 Å². The van der Waals surface area contributed by atoms with E-state index in [0.29, 0.717) is 17.4 Å². The lowest BCUT2D eigenvalue weighted by Crippen LogP contribution is -2.33. The molecular weight excluding hydrogens is 404 g/mol. The highest BCUT2D eigenvalue weighted by molar-refractivity contribution is 7.16. The number of nitrogens with zero attached hydrogens (tertiary/aromatic N) is 3. The number of thiazole rings is 1. The van der Waals surface area contributed by atoms with Crippen LogP contribution in [0.3, 0.4) is 0 Å². The van der Waals surface area contributed by atoms with Gasteiger partial charge < -0.3 is 5.32 Å². The van der Waals surface area contributed by atoms with Crippen LogP contribution in [0.1, 0.15) is 15.4 Å². The van der Waals surface area contributed by atoms with Crippen LogP contribution in [-0.2, 0) is 17.8 Å². The van der Waals surface area contributed by atoms with Crippen LogP contribution in [0.2, 0.25) is 0 Å². The number of carbonyl (C=O) groups is 1. The van der Waals surface area contributed by atoms with Gasteiger partial charge in [0.05, 0.1) is 32.8 Å². The van der Waals surface area contributed by atoms with Gasteiger partial charge in [0.25, 0.3) is 5.56 Å². The molecule has 0 unspecified atom stereocenters. The van der Waals surface area contributed by atoms with E-state index in [4.69, 9.17) is 0 Å². The molecule has 3 heterocycles. The fourth-order valence-electron chi connectivity index (χ4n) is 3.11. The molecule has 8 heteroatoms. The number of amides is 1. The van der Waals surface area contributed by atoms with Crippen molar-refractivity contribution in [1.82, 2.24) is 19.9 Å². The van der Waals surface area contributed by atoms with Crippen molar-refractivity contribution >= 4 is 39.5 Å². The van der Waals surface area contributed by atoms with E-state index in [1.807, 2.05) is 26.0 Å². The fourth-order valence-corrected chi connectivity index (χ4v) is 4.77. The summed E-state index contributed by atoms with van der Waals surface area (Å²) >= 11 is 3.33. The molecule has 1 amide bonds. The Kier molecular flexibility index (Phi) is 5.55. The number of aryl methyl sites for hydroxylation is 2. The van der Waals surface area contributed by atoms with Gasteiger partial charge in [-0.05, 0) is 44.0 Å². The van der Waals surface area contributed by atoms with Crippen LogP contribution in [0.25, 0.3) is 21.5 Å². The smallest absolute Gasteiger partial charge is 0.261 e. The number of fused-ring (bicyclic) bond motifs is 1. The van der Waals surface area contributed by atoms with Gasteiger partial charge in [-0.15, -0.1) is 22.7 Å². The molecule has 148 valence electrons. The second-order valence-electron chi connectivity index (χ2n) is 6.77. The van der Waals surface area contributed by atoms with Gasteiger partial charge in [-0.3, -0.25) is 14.2 Å². The van der Waals surface area contributed by atoms with Crippen LogP contribution in [0.4, 0.5) is 0 Å². The first kappa shape index (κ1) is 19.5. The number of benzene rings is 1. The Morgan fingerprint density at radius 3 is 2.86 bits per heavy atom. The molecule has 0 bridgehead atoms. The number of thiophene rings is 1.